The van der Waals surface area contributed by atoms with Crippen LogP contribution in [0.25, 0.3) is 32.8 Å². The molecule has 5 nitrogen and oxygen atoms in total. The zero-order valence-corrected chi connectivity index (χ0v) is 28.5. The van der Waals surface area contributed by atoms with Crippen LogP contribution < -0.4 is 9.46 Å². The van der Waals surface area contributed by atoms with Gasteiger partial charge in [0.25, 0.3) is 0 Å². The number of rotatable bonds is 9. The van der Waals surface area contributed by atoms with Crippen LogP contribution in [0, 0.1) is 5.82 Å². The molecule has 0 spiro atoms. The van der Waals surface area contributed by atoms with Crippen molar-refractivity contribution in [2.45, 2.75) is 35.4 Å². The van der Waals surface area contributed by atoms with Crippen molar-refractivity contribution in [3.05, 3.63) is 106 Å². The summed E-state index contributed by atoms with van der Waals surface area (Å²) < 4.78 is 201. The molecule has 1 aromatic heterocycles. The zero-order chi connectivity index (χ0) is 40.9. The van der Waals surface area contributed by atoms with Gasteiger partial charge in [0, 0.05) is 34.5 Å². The first-order chi connectivity index (χ1) is 25.4. The number of carboxylic acids is 1. The molecule has 5 rings (SSSR count). The topological polar surface area (TPSA) is 71.5 Å². The molecular weight excluding hydrogens is 814 g/mol. The van der Waals surface area contributed by atoms with Gasteiger partial charge in [-0.05, 0) is 40.5 Å². The highest BCUT2D eigenvalue weighted by atomic mass is 32.2. The smallest absolute Gasteiger partial charge is 0.435 e. The number of aromatic carboxylic acids is 1. The highest BCUT2D eigenvalue weighted by Gasteiger charge is 2.73. The maximum absolute atomic E-state index is 14.4. The van der Waals surface area contributed by atoms with Crippen LogP contribution in [0.1, 0.15) is 27.0 Å². The number of methoxy groups -OCH3 is 1. The number of ether oxygens (including phenoxy) is 1. The van der Waals surface area contributed by atoms with Gasteiger partial charge in [0.05, 0.1) is 29.5 Å². The van der Waals surface area contributed by atoms with Crippen molar-refractivity contribution in [1.82, 2.24) is 4.98 Å². The largest absolute Gasteiger partial charge is 0.495 e. The minimum Gasteiger partial charge on any atom is -0.495 e. The van der Waals surface area contributed by atoms with E-state index in [1.54, 1.807) is 0 Å². The summed E-state index contributed by atoms with van der Waals surface area (Å²) in [7, 11) is 1.17. The predicted molar refractivity (Wildman–Crippen MR) is 173 cm³/mol. The standard InChI is InChI=1S/C34H18F14N2O3S2/c1-53-26-12-21(29(51)52)24(35)13-25(26)50-55-27-14-54-28(49-27)20-9-5-17(11-23(20)32(40,41)42)19-8-4-16(10-22(19)31(37,38)39)15-2-6-18(7-3-15)30(36,33(43,44)45)34(46,47)48/h2-14,50H,1H3,(H,51,52). The minimum atomic E-state index is -6.43. The number of benzene rings is 4. The van der Waals surface area contributed by atoms with E-state index in [1.807, 2.05) is 0 Å². The Morgan fingerprint density at radius 2 is 1.25 bits per heavy atom. The summed E-state index contributed by atoms with van der Waals surface area (Å²) in [4.78, 5) is 15.3. The van der Waals surface area contributed by atoms with Gasteiger partial charge in [-0.2, -0.15) is 52.7 Å². The molecule has 0 saturated carbocycles. The average molecular weight is 833 g/mol. The molecule has 2 N–H and O–H groups in total. The highest BCUT2D eigenvalue weighted by Crippen LogP contribution is 2.53. The molecule has 0 fully saturated rings. The van der Waals surface area contributed by atoms with E-state index in [1.165, 1.54) is 12.5 Å². The third-order valence-corrected chi connectivity index (χ3v) is 9.62. The molecule has 4 aromatic carbocycles. The van der Waals surface area contributed by atoms with Crippen molar-refractivity contribution in [3.63, 3.8) is 0 Å². The van der Waals surface area contributed by atoms with Crippen molar-refractivity contribution in [3.8, 4) is 38.6 Å². The number of carboxylic acid groups (broad SMARTS) is 1. The van der Waals surface area contributed by atoms with Crippen molar-refractivity contribution in [1.29, 1.82) is 0 Å². The number of carbonyl (C=O) groups is 1. The van der Waals surface area contributed by atoms with Gasteiger partial charge in [0.15, 0.2) is 0 Å². The molecule has 0 aliphatic heterocycles. The number of nitrogens with zero attached hydrogens (tertiary/aromatic N) is 1. The number of aromatic nitrogens is 1. The molecule has 5 aromatic rings. The Kier molecular flexibility index (Phi) is 10.9. The van der Waals surface area contributed by atoms with Crippen LogP contribution in [-0.4, -0.2) is 35.5 Å². The molecule has 0 aliphatic carbocycles. The predicted octanol–water partition coefficient (Wildman–Crippen LogP) is 12.4. The van der Waals surface area contributed by atoms with Crippen LogP contribution in [0.5, 0.6) is 5.75 Å². The van der Waals surface area contributed by atoms with Crippen molar-refractivity contribution in [2.24, 2.45) is 0 Å². The number of alkyl halides is 13. The fourth-order valence-corrected chi connectivity index (χ4v) is 6.85. The van der Waals surface area contributed by atoms with Gasteiger partial charge in [0.2, 0.25) is 0 Å². The van der Waals surface area contributed by atoms with E-state index in [9.17, 15) is 66.3 Å². The lowest BCUT2D eigenvalue weighted by Crippen LogP contribution is -2.50. The lowest BCUT2D eigenvalue weighted by molar-refractivity contribution is -0.348. The first kappa shape index (κ1) is 41.1. The van der Waals surface area contributed by atoms with E-state index in [2.05, 4.69) is 9.71 Å². The maximum Gasteiger partial charge on any atom is 0.435 e. The molecule has 0 bridgehead atoms. The third kappa shape index (κ3) is 8.17. The summed E-state index contributed by atoms with van der Waals surface area (Å²) >= 11 is 1.41. The average Bonchev–Trinajstić information content (AvgIpc) is 3.57. The second-order valence-electron chi connectivity index (χ2n) is 11.3. The van der Waals surface area contributed by atoms with Crippen LogP contribution >= 0.6 is 23.3 Å². The van der Waals surface area contributed by atoms with Gasteiger partial charge >= 0.3 is 36.3 Å². The van der Waals surface area contributed by atoms with Crippen molar-refractivity contribution in [2.75, 3.05) is 11.8 Å². The Morgan fingerprint density at radius 1 is 0.727 bits per heavy atom. The van der Waals surface area contributed by atoms with E-state index in [0.717, 1.165) is 47.7 Å². The Bertz CT molecular complexity index is 2210. The molecule has 0 atom stereocenters. The van der Waals surface area contributed by atoms with E-state index >= 15 is 0 Å². The van der Waals surface area contributed by atoms with Gasteiger partial charge in [-0.1, -0.05) is 48.5 Å². The molecule has 292 valence electrons. The number of anilines is 1. The molecule has 55 heavy (non-hydrogen) atoms. The van der Waals surface area contributed by atoms with E-state index < -0.39 is 86.7 Å². The lowest BCUT2D eigenvalue weighted by Gasteiger charge is -2.30. The van der Waals surface area contributed by atoms with E-state index in [0.29, 0.717) is 36.2 Å². The SMILES string of the molecule is COc1cc(C(=O)O)c(F)cc1NSc1csc(-c2ccc(-c3ccc(-c4ccc(C(F)(C(F)(F)F)C(F)(F)F)cc4)cc3C(F)(F)F)cc2C(F)(F)F)n1. The quantitative estimate of drug-likeness (QED) is 0.114. The Morgan fingerprint density at radius 3 is 1.80 bits per heavy atom. The molecular formula is C34H18F14N2O3S2. The van der Waals surface area contributed by atoms with E-state index in [4.69, 9.17) is 9.84 Å². The second-order valence-corrected chi connectivity index (χ2v) is 13.0. The molecule has 0 saturated heterocycles. The summed E-state index contributed by atoms with van der Waals surface area (Å²) in [6, 6.07) is 7.38. The van der Waals surface area contributed by atoms with Crippen LogP contribution in [0.3, 0.4) is 0 Å². The maximum atomic E-state index is 14.4. The van der Waals surface area contributed by atoms with Gasteiger partial charge in [-0.15, -0.1) is 11.3 Å². The summed E-state index contributed by atoms with van der Waals surface area (Å²) in [5.41, 5.74) is -14.0. The normalized spacial score (nSPS) is 12.9. The van der Waals surface area contributed by atoms with Gasteiger partial charge < -0.3 is 14.6 Å². The molecule has 0 aliphatic rings. The van der Waals surface area contributed by atoms with Gasteiger partial charge in [0.1, 0.15) is 21.6 Å². The fourth-order valence-electron chi connectivity index (χ4n) is 5.23. The second kappa shape index (κ2) is 14.5. The monoisotopic (exact) mass is 832 g/mol. The fraction of sp³-hybridized carbons (Fsp3) is 0.176. The number of halogens is 14. The van der Waals surface area contributed by atoms with Crippen LogP contribution in [0.4, 0.5) is 67.2 Å². The number of hydrogen-bond donors (Lipinski definition) is 2. The summed E-state index contributed by atoms with van der Waals surface area (Å²) in [6.07, 6.45) is -23.2. The third-order valence-electron chi connectivity index (χ3n) is 7.86. The van der Waals surface area contributed by atoms with Crippen LogP contribution in [0.15, 0.2) is 83.2 Å². The van der Waals surface area contributed by atoms with Crippen LogP contribution in [-0.2, 0) is 18.0 Å². The molecule has 0 amide bonds. The lowest BCUT2D eigenvalue weighted by atomic mass is 9.90. The zero-order valence-electron chi connectivity index (χ0n) is 26.8. The van der Waals surface area contributed by atoms with Gasteiger partial charge in [-0.3, -0.25) is 0 Å². The van der Waals surface area contributed by atoms with Crippen molar-refractivity contribution >= 4 is 34.9 Å². The molecule has 1 heterocycles. The highest BCUT2D eigenvalue weighted by molar-refractivity contribution is 8.00. The number of hydrogen-bond acceptors (Lipinski definition) is 6. The first-order valence-electron chi connectivity index (χ1n) is 14.7. The Hall–Kier alpha value is -5.05. The molecule has 0 unspecified atom stereocenters. The summed E-state index contributed by atoms with van der Waals surface area (Å²) in [5.74, 6) is -2.78. The Labute approximate surface area is 307 Å². The van der Waals surface area contributed by atoms with Crippen LogP contribution in [0.2, 0.25) is 0 Å². The number of thiazole rings is 1. The first-order valence-corrected chi connectivity index (χ1v) is 16.4. The summed E-state index contributed by atoms with van der Waals surface area (Å²) in [6.45, 7) is 0. The Balaban J connectivity index is 1.48. The summed E-state index contributed by atoms with van der Waals surface area (Å²) in [5, 5.41) is 10.2. The van der Waals surface area contributed by atoms with Crippen molar-refractivity contribution < 1.29 is 76.1 Å². The van der Waals surface area contributed by atoms with E-state index in [-0.39, 0.29) is 39.2 Å². The molecule has 21 heteroatoms. The number of nitrogens with one attached hydrogen (secondary N) is 1. The minimum absolute atomic E-state index is 0.0434. The molecule has 0 radical (unpaired) electrons. The van der Waals surface area contributed by atoms with Gasteiger partial charge in [-0.25, -0.2) is 18.6 Å².